The lowest BCUT2D eigenvalue weighted by Gasteiger charge is -2.33. The summed E-state index contributed by atoms with van der Waals surface area (Å²) in [5.41, 5.74) is 0.834. The van der Waals surface area contributed by atoms with Gasteiger partial charge in [0.2, 0.25) is 11.8 Å². The Kier molecular flexibility index (Phi) is 6.59. The standard InChI is InChI=1S/C20H31N3O2/c1-15(21-19(25)20(2,3)4)18(24)22-17-10-12-23(13-11-17)14-16-8-6-5-7-9-16/h5-9,15,17H,10-14H2,1-4H3,(H,21,25)(H,22,24). The van der Waals surface area contributed by atoms with Gasteiger partial charge in [-0.05, 0) is 25.3 Å². The summed E-state index contributed by atoms with van der Waals surface area (Å²) in [5.74, 6) is -0.202. The van der Waals surface area contributed by atoms with Gasteiger partial charge < -0.3 is 10.6 Å². The first-order chi connectivity index (χ1) is 11.8. The van der Waals surface area contributed by atoms with E-state index in [9.17, 15) is 9.59 Å². The summed E-state index contributed by atoms with van der Waals surface area (Å²) < 4.78 is 0. The Morgan fingerprint density at radius 2 is 1.76 bits per heavy atom. The monoisotopic (exact) mass is 345 g/mol. The Balaban J connectivity index is 1.74. The highest BCUT2D eigenvalue weighted by Gasteiger charge is 2.27. The molecule has 5 nitrogen and oxygen atoms in total. The largest absolute Gasteiger partial charge is 0.351 e. The first kappa shape index (κ1) is 19.4. The van der Waals surface area contributed by atoms with E-state index >= 15 is 0 Å². The molecule has 0 bridgehead atoms. The molecule has 0 aromatic heterocycles. The fourth-order valence-electron chi connectivity index (χ4n) is 2.88. The van der Waals surface area contributed by atoms with Crippen molar-refractivity contribution in [1.82, 2.24) is 15.5 Å². The zero-order valence-corrected chi connectivity index (χ0v) is 15.8. The van der Waals surface area contributed by atoms with Crippen LogP contribution in [-0.4, -0.2) is 41.9 Å². The molecule has 1 unspecified atom stereocenters. The Morgan fingerprint density at radius 1 is 1.16 bits per heavy atom. The molecular weight excluding hydrogens is 314 g/mol. The van der Waals surface area contributed by atoms with E-state index in [0.717, 1.165) is 32.5 Å². The van der Waals surface area contributed by atoms with Gasteiger partial charge >= 0.3 is 0 Å². The number of nitrogens with one attached hydrogen (secondary N) is 2. The predicted molar refractivity (Wildman–Crippen MR) is 99.9 cm³/mol. The normalized spacial score (nSPS) is 17.8. The van der Waals surface area contributed by atoms with E-state index in [1.807, 2.05) is 26.8 Å². The zero-order valence-electron chi connectivity index (χ0n) is 15.8. The molecule has 2 amide bonds. The molecule has 0 saturated carbocycles. The highest BCUT2D eigenvalue weighted by Crippen LogP contribution is 2.15. The number of carbonyl (C=O) groups is 2. The maximum absolute atomic E-state index is 12.3. The fraction of sp³-hybridized carbons (Fsp3) is 0.600. The third kappa shape index (κ3) is 6.16. The second-order valence-electron chi connectivity index (χ2n) is 7.99. The van der Waals surface area contributed by atoms with Crippen LogP contribution in [0.5, 0.6) is 0 Å². The van der Waals surface area contributed by atoms with Crippen LogP contribution in [-0.2, 0) is 16.1 Å². The van der Waals surface area contributed by atoms with Crippen molar-refractivity contribution in [2.75, 3.05) is 13.1 Å². The second kappa shape index (κ2) is 8.48. The molecule has 1 atom stereocenters. The van der Waals surface area contributed by atoms with Crippen LogP contribution in [0.3, 0.4) is 0 Å². The first-order valence-electron chi connectivity index (χ1n) is 9.13. The quantitative estimate of drug-likeness (QED) is 0.861. The van der Waals surface area contributed by atoms with Gasteiger partial charge in [-0.2, -0.15) is 0 Å². The molecule has 0 radical (unpaired) electrons. The van der Waals surface area contributed by atoms with E-state index in [2.05, 4.69) is 39.8 Å². The summed E-state index contributed by atoms with van der Waals surface area (Å²) in [6.07, 6.45) is 1.89. The molecular formula is C20H31N3O2. The van der Waals surface area contributed by atoms with Crippen molar-refractivity contribution in [1.29, 1.82) is 0 Å². The lowest BCUT2D eigenvalue weighted by molar-refractivity contribution is -0.133. The Morgan fingerprint density at radius 3 is 2.32 bits per heavy atom. The fourth-order valence-corrected chi connectivity index (χ4v) is 2.88. The third-order valence-corrected chi connectivity index (χ3v) is 4.61. The van der Waals surface area contributed by atoms with Crippen LogP contribution in [0.4, 0.5) is 0 Å². The smallest absolute Gasteiger partial charge is 0.242 e. The van der Waals surface area contributed by atoms with E-state index in [4.69, 9.17) is 0 Å². The molecule has 0 spiro atoms. The summed E-state index contributed by atoms with van der Waals surface area (Å²) in [6.45, 7) is 10.2. The number of hydrogen-bond donors (Lipinski definition) is 2. The number of hydrogen-bond acceptors (Lipinski definition) is 3. The van der Waals surface area contributed by atoms with Crippen LogP contribution in [0.25, 0.3) is 0 Å². The van der Waals surface area contributed by atoms with Crippen LogP contribution in [0, 0.1) is 5.41 Å². The minimum atomic E-state index is -0.505. The zero-order chi connectivity index (χ0) is 18.4. The van der Waals surface area contributed by atoms with Gasteiger partial charge in [-0.3, -0.25) is 14.5 Å². The van der Waals surface area contributed by atoms with E-state index in [0.29, 0.717) is 0 Å². The first-order valence-corrected chi connectivity index (χ1v) is 9.13. The average Bonchev–Trinajstić information content (AvgIpc) is 2.56. The molecule has 1 saturated heterocycles. The highest BCUT2D eigenvalue weighted by atomic mass is 16.2. The minimum Gasteiger partial charge on any atom is -0.351 e. The van der Waals surface area contributed by atoms with Gasteiger partial charge in [0.05, 0.1) is 0 Å². The predicted octanol–water partition coefficient (Wildman–Crippen LogP) is 2.32. The summed E-state index contributed by atoms with van der Waals surface area (Å²) in [5, 5.41) is 5.87. The Hall–Kier alpha value is -1.88. The number of amides is 2. The number of carbonyl (C=O) groups excluding carboxylic acids is 2. The van der Waals surface area contributed by atoms with Gasteiger partial charge in [0.15, 0.2) is 0 Å². The molecule has 2 rings (SSSR count). The number of nitrogens with zero attached hydrogens (tertiary/aromatic N) is 1. The van der Waals surface area contributed by atoms with Crippen molar-refractivity contribution >= 4 is 11.8 Å². The van der Waals surface area contributed by atoms with Crippen LogP contribution in [0.1, 0.15) is 46.1 Å². The van der Waals surface area contributed by atoms with Crippen LogP contribution < -0.4 is 10.6 Å². The maximum Gasteiger partial charge on any atom is 0.242 e. The van der Waals surface area contributed by atoms with Gasteiger partial charge in [0.1, 0.15) is 6.04 Å². The van der Waals surface area contributed by atoms with Crippen molar-refractivity contribution < 1.29 is 9.59 Å². The van der Waals surface area contributed by atoms with Crippen molar-refractivity contribution in [2.45, 2.75) is 59.2 Å². The van der Waals surface area contributed by atoms with Crippen LogP contribution >= 0.6 is 0 Å². The van der Waals surface area contributed by atoms with E-state index in [1.54, 1.807) is 6.92 Å². The van der Waals surface area contributed by atoms with Gasteiger partial charge in [-0.25, -0.2) is 0 Å². The van der Waals surface area contributed by atoms with Crippen molar-refractivity contribution in [3.8, 4) is 0 Å². The van der Waals surface area contributed by atoms with Crippen molar-refractivity contribution in [3.05, 3.63) is 35.9 Å². The SMILES string of the molecule is CC(NC(=O)C(C)(C)C)C(=O)NC1CCN(Cc2ccccc2)CC1. The number of likely N-dealkylation sites (tertiary alicyclic amines) is 1. The topological polar surface area (TPSA) is 61.4 Å². The van der Waals surface area contributed by atoms with Crippen LogP contribution in [0.2, 0.25) is 0 Å². The average molecular weight is 345 g/mol. The lowest BCUT2D eigenvalue weighted by Crippen LogP contribution is -2.52. The molecule has 1 aromatic carbocycles. The molecule has 2 N–H and O–H groups in total. The Bertz CT molecular complexity index is 572. The Labute approximate surface area is 151 Å². The molecule has 5 heteroatoms. The summed E-state index contributed by atoms with van der Waals surface area (Å²) in [4.78, 5) is 26.7. The molecule has 1 fully saturated rings. The van der Waals surface area contributed by atoms with E-state index in [1.165, 1.54) is 5.56 Å². The third-order valence-electron chi connectivity index (χ3n) is 4.61. The second-order valence-corrected chi connectivity index (χ2v) is 7.99. The van der Waals surface area contributed by atoms with Crippen molar-refractivity contribution in [2.24, 2.45) is 5.41 Å². The molecule has 1 heterocycles. The highest BCUT2D eigenvalue weighted by molar-refractivity contribution is 5.89. The van der Waals surface area contributed by atoms with Gasteiger partial charge in [-0.15, -0.1) is 0 Å². The molecule has 1 aromatic rings. The number of piperidine rings is 1. The molecule has 1 aliphatic heterocycles. The van der Waals surface area contributed by atoms with Crippen molar-refractivity contribution in [3.63, 3.8) is 0 Å². The number of benzene rings is 1. The summed E-state index contributed by atoms with van der Waals surface area (Å²) in [7, 11) is 0. The molecule has 0 aliphatic carbocycles. The lowest BCUT2D eigenvalue weighted by atomic mass is 9.95. The summed E-state index contributed by atoms with van der Waals surface area (Å²) >= 11 is 0. The maximum atomic E-state index is 12.3. The van der Waals surface area contributed by atoms with Crippen LogP contribution in [0.15, 0.2) is 30.3 Å². The summed E-state index contributed by atoms with van der Waals surface area (Å²) in [6, 6.07) is 10.1. The minimum absolute atomic E-state index is 0.0980. The molecule has 25 heavy (non-hydrogen) atoms. The van der Waals surface area contributed by atoms with E-state index in [-0.39, 0.29) is 17.9 Å². The molecule has 138 valence electrons. The van der Waals surface area contributed by atoms with Gasteiger partial charge in [0.25, 0.3) is 0 Å². The number of rotatable bonds is 5. The van der Waals surface area contributed by atoms with Gasteiger partial charge in [0, 0.05) is 31.1 Å². The molecule has 1 aliphatic rings. The van der Waals surface area contributed by atoms with E-state index < -0.39 is 11.5 Å². The van der Waals surface area contributed by atoms with Gasteiger partial charge in [-0.1, -0.05) is 51.1 Å².